The van der Waals surface area contributed by atoms with Crippen LogP contribution in [0.1, 0.15) is 28.0 Å². The fourth-order valence-electron chi connectivity index (χ4n) is 3.78. The number of halogens is 3. The number of hydrogen-bond acceptors (Lipinski definition) is 4. The summed E-state index contributed by atoms with van der Waals surface area (Å²) in [6.07, 6.45) is 1.40. The predicted octanol–water partition coefficient (Wildman–Crippen LogP) is 4.16. The topological polar surface area (TPSA) is 46.9 Å². The molecule has 152 valence electrons. The third-order valence-corrected chi connectivity index (χ3v) is 6.36. The highest BCUT2D eigenvalue weighted by atomic mass is 32.1. The summed E-state index contributed by atoms with van der Waals surface area (Å²) >= 11 is 1.53. The van der Waals surface area contributed by atoms with Crippen molar-refractivity contribution in [2.75, 3.05) is 6.54 Å². The third-order valence-electron chi connectivity index (χ3n) is 5.19. The quantitative estimate of drug-likeness (QED) is 0.632. The lowest BCUT2D eigenvalue weighted by atomic mass is 9.93. The molecular formula is C21H20F3N3OS. The molecule has 29 heavy (non-hydrogen) atoms. The van der Waals surface area contributed by atoms with Gasteiger partial charge in [-0.05, 0) is 42.5 Å². The van der Waals surface area contributed by atoms with Gasteiger partial charge in [-0.2, -0.15) is 13.2 Å². The van der Waals surface area contributed by atoms with E-state index in [1.807, 2.05) is 6.08 Å². The first kappa shape index (κ1) is 19.8. The van der Waals surface area contributed by atoms with E-state index in [4.69, 9.17) is 0 Å². The first-order valence-corrected chi connectivity index (χ1v) is 10.2. The molecule has 1 N–H and O–H groups in total. The van der Waals surface area contributed by atoms with Crippen LogP contribution in [0.3, 0.4) is 0 Å². The average molecular weight is 419 g/mol. The number of fused-ring (bicyclic) bond motifs is 3. The Morgan fingerprint density at radius 2 is 2.21 bits per heavy atom. The first-order chi connectivity index (χ1) is 13.9. The van der Waals surface area contributed by atoms with E-state index in [1.165, 1.54) is 28.3 Å². The highest BCUT2D eigenvalue weighted by Crippen LogP contribution is 2.34. The first-order valence-electron chi connectivity index (χ1n) is 9.37. The molecule has 2 aromatic heterocycles. The molecular weight excluding hydrogens is 399 g/mol. The molecule has 2 heterocycles. The van der Waals surface area contributed by atoms with Crippen LogP contribution in [0.25, 0.3) is 10.2 Å². The van der Waals surface area contributed by atoms with Gasteiger partial charge in [-0.15, -0.1) is 17.9 Å². The van der Waals surface area contributed by atoms with Crippen molar-refractivity contribution in [1.82, 2.24) is 14.9 Å². The smallest absolute Gasteiger partial charge is 0.310 e. The minimum atomic E-state index is -4.41. The summed E-state index contributed by atoms with van der Waals surface area (Å²) < 4.78 is 40.3. The van der Waals surface area contributed by atoms with Crippen LogP contribution >= 0.6 is 11.3 Å². The summed E-state index contributed by atoms with van der Waals surface area (Å²) in [4.78, 5) is 19.4. The van der Waals surface area contributed by atoms with Gasteiger partial charge < -0.3 is 5.32 Å². The van der Waals surface area contributed by atoms with Gasteiger partial charge in [-0.1, -0.05) is 18.2 Å². The Kier molecular flexibility index (Phi) is 5.31. The van der Waals surface area contributed by atoms with E-state index in [1.54, 1.807) is 6.07 Å². The van der Waals surface area contributed by atoms with E-state index < -0.39 is 11.7 Å². The van der Waals surface area contributed by atoms with E-state index in [-0.39, 0.29) is 12.1 Å². The van der Waals surface area contributed by atoms with E-state index in [0.29, 0.717) is 21.8 Å². The number of rotatable bonds is 5. The normalized spacial score (nSPS) is 16.7. The van der Waals surface area contributed by atoms with Crippen LogP contribution in [-0.4, -0.2) is 22.1 Å². The van der Waals surface area contributed by atoms with Crippen molar-refractivity contribution in [3.63, 3.8) is 0 Å². The van der Waals surface area contributed by atoms with Crippen molar-refractivity contribution in [2.45, 2.75) is 38.0 Å². The minimum Gasteiger partial charge on any atom is -0.310 e. The zero-order valence-corrected chi connectivity index (χ0v) is 16.4. The number of benzene rings is 1. The lowest BCUT2D eigenvalue weighted by Crippen LogP contribution is -2.34. The van der Waals surface area contributed by atoms with Crippen molar-refractivity contribution in [3.8, 4) is 0 Å². The summed E-state index contributed by atoms with van der Waals surface area (Å²) in [6.45, 7) is 4.52. The third kappa shape index (κ3) is 4.00. The zero-order chi connectivity index (χ0) is 20.6. The molecule has 1 aromatic carbocycles. The number of aromatic nitrogens is 2. The zero-order valence-electron chi connectivity index (χ0n) is 15.6. The summed E-state index contributed by atoms with van der Waals surface area (Å²) in [6, 6.07) is 5.40. The SMILES string of the molecule is C=CCNC1CCc2c(sc3ncn(Cc4cccc(C(F)(F)F)c4)c(=O)c23)C1. The van der Waals surface area contributed by atoms with Crippen LogP contribution in [0.4, 0.5) is 13.2 Å². The van der Waals surface area contributed by atoms with E-state index >= 15 is 0 Å². The maximum absolute atomic E-state index is 13.1. The summed E-state index contributed by atoms with van der Waals surface area (Å²) in [5, 5.41) is 4.04. The molecule has 0 fully saturated rings. The van der Waals surface area contributed by atoms with Gasteiger partial charge in [0.1, 0.15) is 4.83 Å². The highest BCUT2D eigenvalue weighted by Gasteiger charge is 2.30. The Balaban J connectivity index is 1.66. The molecule has 0 amide bonds. The van der Waals surface area contributed by atoms with Gasteiger partial charge in [-0.25, -0.2) is 4.98 Å². The van der Waals surface area contributed by atoms with Crippen molar-refractivity contribution in [2.24, 2.45) is 0 Å². The molecule has 0 bridgehead atoms. The fourth-order valence-corrected chi connectivity index (χ4v) is 5.04. The molecule has 1 unspecified atom stereocenters. The maximum Gasteiger partial charge on any atom is 0.416 e. The van der Waals surface area contributed by atoms with Crippen LogP contribution in [0.15, 0.2) is 48.0 Å². The molecule has 4 nitrogen and oxygen atoms in total. The Hall–Kier alpha value is -2.45. The largest absolute Gasteiger partial charge is 0.416 e. The van der Waals surface area contributed by atoms with Crippen molar-refractivity contribution in [3.05, 3.63) is 75.2 Å². The van der Waals surface area contributed by atoms with Gasteiger partial charge >= 0.3 is 6.18 Å². The van der Waals surface area contributed by atoms with Crippen LogP contribution in [0, 0.1) is 0 Å². The summed E-state index contributed by atoms with van der Waals surface area (Å²) in [5.74, 6) is 0. The molecule has 0 aliphatic heterocycles. The number of aryl methyl sites for hydroxylation is 1. The van der Waals surface area contributed by atoms with Crippen LogP contribution in [-0.2, 0) is 25.6 Å². The van der Waals surface area contributed by atoms with Gasteiger partial charge in [0, 0.05) is 17.5 Å². The molecule has 0 saturated carbocycles. The molecule has 0 spiro atoms. The lowest BCUT2D eigenvalue weighted by Gasteiger charge is -2.22. The molecule has 1 aliphatic carbocycles. The van der Waals surface area contributed by atoms with Gasteiger partial charge in [0.05, 0.1) is 23.8 Å². The average Bonchev–Trinajstić information content (AvgIpc) is 3.06. The second kappa shape index (κ2) is 7.76. The Morgan fingerprint density at radius 1 is 1.38 bits per heavy atom. The maximum atomic E-state index is 13.1. The van der Waals surface area contributed by atoms with Gasteiger partial charge in [-0.3, -0.25) is 9.36 Å². The molecule has 4 rings (SSSR count). The summed E-state index contributed by atoms with van der Waals surface area (Å²) in [7, 11) is 0. The fraction of sp³-hybridized carbons (Fsp3) is 0.333. The second-order valence-electron chi connectivity index (χ2n) is 7.20. The van der Waals surface area contributed by atoms with Crippen molar-refractivity contribution < 1.29 is 13.2 Å². The van der Waals surface area contributed by atoms with Gasteiger partial charge in [0.2, 0.25) is 0 Å². The van der Waals surface area contributed by atoms with E-state index in [9.17, 15) is 18.0 Å². The number of hydrogen-bond donors (Lipinski definition) is 1. The lowest BCUT2D eigenvalue weighted by molar-refractivity contribution is -0.137. The number of nitrogens with one attached hydrogen (secondary N) is 1. The van der Waals surface area contributed by atoms with Crippen LogP contribution < -0.4 is 10.9 Å². The van der Waals surface area contributed by atoms with Gasteiger partial charge in [0.15, 0.2) is 0 Å². The Bertz CT molecular complexity index is 1120. The van der Waals surface area contributed by atoms with Crippen LogP contribution in [0.2, 0.25) is 0 Å². The Morgan fingerprint density at radius 3 is 2.97 bits per heavy atom. The van der Waals surface area contributed by atoms with Gasteiger partial charge in [0.25, 0.3) is 5.56 Å². The standard InChI is InChI=1S/C21H20F3N3OS/c1-2-8-25-15-6-7-16-17(10-15)29-19-18(16)20(28)27(12-26-19)11-13-4-3-5-14(9-13)21(22,23)24/h2-5,9,12,15,25H,1,6-8,10-11H2. The number of alkyl halides is 3. The Labute approximate surface area is 169 Å². The van der Waals surface area contributed by atoms with Crippen molar-refractivity contribution in [1.29, 1.82) is 0 Å². The number of nitrogens with zero attached hydrogens (tertiary/aromatic N) is 2. The minimum absolute atomic E-state index is 0.0554. The summed E-state index contributed by atoms with van der Waals surface area (Å²) in [5.41, 5.74) is 0.545. The molecule has 1 atom stereocenters. The molecule has 1 aliphatic rings. The molecule has 8 heteroatoms. The second-order valence-corrected chi connectivity index (χ2v) is 8.28. The molecule has 3 aromatic rings. The van der Waals surface area contributed by atoms with Crippen LogP contribution in [0.5, 0.6) is 0 Å². The van der Waals surface area contributed by atoms with E-state index in [2.05, 4.69) is 16.9 Å². The van der Waals surface area contributed by atoms with E-state index in [0.717, 1.165) is 48.4 Å². The molecule has 0 radical (unpaired) electrons. The molecule has 0 saturated heterocycles. The predicted molar refractivity (Wildman–Crippen MR) is 108 cm³/mol. The van der Waals surface area contributed by atoms with Crippen molar-refractivity contribution >= 4 is 21.6 Å². The highest BCUT2D eigenvalue weighted by molar-refractivity contribution is 7.18. The monoisotopic (exact) mass is 419 g/mol. The number of thiophene rings is 1.